The van der Waals surface area contributed by atoms with Gasteiger partial charge in [0.25, 0.3) is 0 Å². The predicted molar refractivity (Wildman–Crippen MR) is 63.2 cm³/mol. The molecule has 0 aliphatic carbocycles. The van der Waals surface area contributed by atoms with E-state index in [-0.39, 0.29) is 0 Å². The second kappa shape index (κ2) is 3.54. The highest BCUT2D eigenvalue weighted by atomic mass is 32.1. The molecule has 0 fully saturated rings. The molecule has 2 rings (SSSR count). The highest BCUT2D eigenvalue weighted by Crippen LogP contribution is 2.17. The fourth-order valence-electron chi connectivity index (χ4n) is 1.65. The van der Waals surface area contributed by atoms with E-state index in [0.717, 1.165) is 27.5 Å². The van der Waals surface area contributed by atoms with Crippen LogP contribution in [0.1, 0.15) is 18.2 Å². The Morgan fingerprint density at radius 2 is 2.07 bits per heavy atom. The zero-order valence-electron chi connectivity index (χ0n) is 8.42. The van der Waals surface area contributed by atoms with Gasteiger partial charge in [0, 0.05) is 21.1 Å². The Morgan fingerprint density at radius 3 is 2.79 bits per heavy atom. The second-order valence-corrected chi connectivity index (χ2v) is 3.99. The molecule has 2 heteroatoms. The minimum Gasteiger partial charge on any atom is -0.359 e. The minimum absolute atomic E-state index is 0.937. The van der Waals surface area contributed by atoms with Gasteiger partial charge in [-0.25, -0.2) is 0 Å². The summed E-state index contributed by atoms with van der Waals surface area (Å²) in [6.45, 7) is 4.19. The molecule has 0 spiro atoms. The molecule has 0 saturated heterocycles. The van der Waals surface area contributed by atoms with E-state index in [0.29, 0.717) is 0 Å². The highest BCUT2D eigenvalue weighted by molar-refractivity contribution is 7.71. The van der Waals surface area contributed by atoms with Gasteiger partial charge in [0.2, 0.25) is 0 Å². The van der Waals surface area contributed by atoms with Crippen molar-refractivity contribution < 1.29 is 0 Å². The first-order valence-corrected chi connectivity index (χ1v) is 5.24. The van der Waals surface area contributed by atoms with Crippen LogP contribution in [0.3, 0.4) is 0 Å². The maximum Gasteiger partial charge on any atom is 0.0487 e. The van der Waals surface area contributed by atoms with Crippen molar-refractivity contribution in [2.75, 3.05) is 0 Å². The van der Waals surface area contributed by atoms with Gasteiger partial charge in [0.15, 0.2) is 0 Å². The molecule has 1 aromatic carbocycles. The summed E-state index contributed by atoms with van der Waals surface area (Å²) < 4.78 is 0.937. The molecule has 0 aliphatic rings. The number of hydrogen-bond acceptors (Lipinski definition) is 1. The normalized spacial score (nSPS) is 10.7. The third-order valence-electron chi connectivity index (χ3n) is 2.44. The number of fused-ring (bicyclic) bond motifs is 1. The zero-order chi connectivity index (χ0) is 10.1. The van der Waals surface area contributed by atoms with Crippen LogP contribution < -0.4 is 0 Å². The Kier molecular flexibility index (Phi) is 2.38. The lowest BCUT2D eigenvalue weighted by molar-refractivity contribution is 1.14. The first-order valence-electron chi connectivity index (χ1n) is 4.83. The van der Waals surface area contributed by atoms with Crippen LogP contribution in [-0.2, 0) is 6.42 Å². The molecule has 0 amide bonds. The van der Waals surface area contributed by atoms with Crippen LogP contribution in [-0.4, -0.2) is 4.98 Å². The summed E-state index contributed by atoms with van der Waals surface area (Å²) >= 11 is 5.33. The molecule has 0 saturated carbocycles. The van der Waals surface area contributed by atoms with E-state index in [4.69, 9.17) is 12.2 Å². The first kappa shape index (κ1) is 9.41. The summed E-state index contributed by atoms with van der Waals surface area (Å²) in [5, 5.41) is 1.16. The lowest BCUT2D eigenvalue weighted by atomic mass is 10.1. The summed E-state index contributed by atoms with van der Waals surface area (Å²) in [7, 11) is 0. The largest absolute Gasteiger partial charge is 0.359 e. The smallest absolute Gasteiger partial charge is 0.0487 e. The molecule has 0 bridgehead atoms. The molecule has 72 valence electrons. The number of rotatable bonds is 1. The van der Waals surface area contributed by atoms with E-state index in [9.17, 15) is 0 Å². The predicted octanol–water partition coefficient (Wildman–Crippen LogP) is 3.77. The van der Waals surface area contributed by atoms with Crippen LogP contribution in [0.2, 0.25) is 0 Å². The summed E-state index contributed by atoms with van der Waals surface area (Å²) in [4.78, 5) is 3.32. The second-order valence-electron chi connectivity index (χ2n) is 3.55. The van der Waals surface area contributed by atoms with Crippen LogP contribution in [0, 0.1) is 11.4 Å². The van der Waals surface area contributed by atoms with Gasteiger partial charge >= 0.3 is 0 Å². The number of hydrogen-bond donors (Lipinski definition) is 1. The van der Waals surface area contributed by atoms with Gasteiger partial charge in [-0.05, 0) is 37.1 Å². The van der Waals surface area contributed by atoms with Crippen molar-refractivity contribution in [3.8, 4) is 0 Å². The van der Waals surface area contributed by atoms with Gasteiger partial charge in [-0.1, -0.05) is 25.2 Å². The zero-order valence-corrected chi connectivity index (χ0v) is 9.24. The van der Waals surface area contributed by atoms with Crippen LogP contribution in [0.25, 0.3) is 10.9 Å². The number of aromatic nitrogens is 1. The molecule has 14 heavy (non-hydrogen) atoms. The summed E-state index contributed by atoms with van der Waals surface area (Å²) in [6, 6.07) is 8.44. The van der Waals surface area contributed by atoms with Crippen molar-refractivity contribution in [1.29, 1.82) is 0 Å². The quantitative estimate of drug-likeness (QED) is 0.698. The van der Waals surface area contributed by atoms with Gasteiger partial charge < -0.3 is 4.98 Å². The van der Waals surface area contributed by atoms with Gasteiger partial charge in [-0.15, -0.1) is 0 Å². The Balaban J connectivity index is 2.82. The van der Waals surface area contributed by atoms with Crippen molar-refractivity contribution in [3.05, 3.63) is 40.0 Å². The average Bonchev–Trinajstić information content (AvgIpc) is 2.17. The van der Waals surface area contributed by atoms with Gasteiger partial charge in [0.1, 0.15) is 0 Å². The fourth-order valence-corrected chi connectivity index (χ4v) is 1.99. The third kappa shape index (κ3) is 1.58. The molecule has 0 atom stereocenters. The maximum absolute atomic E-state index is 5.33. The summed E-state index contributed by atoms with van der Waals surface area (Å²) in [5.41, 5.74) is 3.58. The molecular weight excluding hydrogens is 190 g/mol. The molecule has 1 N–H and O–H groups in total. The van der Waals surface area contributed by atoms with E-state index in [2.05, 4.69) is 30.1 Å². The van der Waals surface area contributed by atoms with Crippen LogP contribution in [0.5, 0.6) is 0 Å². The van der Waals surface area contributed by atoms with E-state index in [1.807, 2.05) is 13.0 Å². The van der Waals surface area contributed by atoms with E-state index in [1.54, 1.807) is 0 Å². The Bertz CT molecular complexity index is 525. The van der Waals surface area contributed by atoms with Crippen molar-refractivity contribution in [1.82, 2.24) is 4.98 Å². The van der Waals surface area contributed by atoms with E-state index < -0.39 is 0 Å². The SMILES string of the molecule is CCc1ccc2[nH]c(C)cc(=S)c2c1. The average molecular weight is 203 g/mol. The van der Waals surface area contributed by atoms with Gasteiger partial charge in [-0.2, -0.15) is 0 Å². The van der Waals surface area contributed by atoms with Gasteiger partial charge in [0.05, 0.1) is 0 Å². The number of pyridine rings is 1. The Hall–Kier alpha value is -1.15. The molecular formula is C12H13NS. The number of H-pyrrole nitrogens is 1. The first-order chi connectivity index (χ1) is 6.70. The van der Waals surface area contributed by atoms with Crippen LogP contribution in [0.15, 0.2) is 24.3 Å². The number of nitrogens with one attached hydrogen (secondary N) is 1. The lowest BCUT2D eigenvalue weighted by Gasteiger charge is -2.03. The monoisotopic (exact) mass is 203 g/mol. The van der Waals surface area contributed by atoms with E-state index in [1.165, 1.54) is 5.56 Å². The fraction of sp³-hybridized carbons (Fsp3) is 0.250. The van der Waals surface area contributed by atoms with Crippen molar-refractivity contribution in [2.24, 2.45) is 0 Å². The Labute approximate surface area is 88.8 Å². The molecule has 1 aromatic heterocycles. The van der Waals surface area contributed by atoms with Crippen LogP contribution in [0.4, 0.5) is 0 Å². The molecule has 0 aliphatic heterocycles. The van der Waals surface area contributed by atoms with Crippen molar-refractivity contribution in [2.45, 2.75) is 20.3 Å². The summed E-state index contributed by atoms with van der Waals surface area (Å²) in [6.07, 6.45) is 1.05. The maximum atomic E-state index is 5.33. The minimum atomic E-state index is 0.937. The van der Waals surface area contributed by atoms with Crippen LogP contribution >= 0.6 is 12.2 Å². The van der Waals surface area contributed by atoms with Crippen molar-refractivity contribution in [3.63, 3.8) is 0 Å². The number of aryl methyl sites for hydroxylation is 2. The van der Waals surface area contributed by atoms with Gasteiger partial charge in [-0.3, -0.25) is 0 Å². The molecule has 1 heterocycles. The summed E-state index contributed by atoms with van der Waals surface area (Å²) in [5.74, 6) is 0. The van der Waals surface area contributed by atoms with E-state index >= 15 is 0 Å². The lowest BCUT2D eigenvalue weighted by Crippen LogP contribution is -1.86. The highest BCUT2D eigenvalue weighted by Gasteiger charge is 1.98. The number of aromatic amines is 1. The molecule has 1 nitrogen and oxygen atoms in total. The Morgan fingerprint density at radius 1 is 1.29 bits per heavy atom. The standard InChI is InChI=1S/C12H13NS/c1-3-9-4-5-11-10(7-9)12(14)6-8(2)13-11/h4-7H,3H2,1-2H3,(H,13,14). The molecule has 0 unspecified atom stereocenters. The number of benzene rings is 1. The third-order valence-corrected chi connectivity index (χ3v) is 2.77. The topological polar surface area (TPSA) is 15.8 Å². The molecule has 0 radical (unpaired) electrons. The molecule has 2 aromatic rings. The van der Waals surface area contributed by atoms with Crippen molar-refractivity contribution >= 4 is 23.1 Å².